The number of hydrogen-bond acceptors (Lipinski definition) is 3. The van der Waals surface area contributed by atoms with Crippen LogP contribution in [-0.2, 0) is 12.8 Å². The summed E-state index contributed by atoms with van der Waals surface area (Å²) < 4.78 is 16.2. The van der Waals surface area contributed by atoms with Gasteiger partial charge in [0.15, 0.2) is 11.5 Å². The molecule has 0 bridgehead atoms. The third kappa shape index (κ3) is 2.46. The van der Waals surface area contributed by atoms with Gasteiger partial charge >= 0.3 is 0 Å². The summed E-state index contributed by atoms with van der Waals surface area (Å²) in [6.07, 6.45) is 13.5. The molecule has 0 atom stereocenters. The van der Waals surface area contributed by atoms with Crippen molar-refractivity contribution < 1.29 is 5.82 Å². The number of fused-ring (bicyclic) bond motifs is 2. The van der Waals surface area contributed by atoms with Gasteiger partial charge < -0.3 is 4.40 Å². The molecule has 4 nitrogen and oxygen atoms in total. The van der Waals surface area contributed by atoms with Crippen molar-refractivity contribution in [3.63, 3.8) is 0 Å². The average Bonchev–Trinajstić information content (AvgIpc) is 3.13. The van der Waals surface area contributed by atoms with Gasteiger partial charge in [0.25, 0.3) is 0 Å². The van der Waals surface area contributed by atoms with Crippen LogP contribution in [0.5, 0.6) is 0 Å². The van der Waals surface area contributed by atoms with E-state index in [1.54, 1.807) is 10.5 Å². The number of imidazole rings is 1. The second kappa shape index (κ2) is 5.48. The fourth-order valence-corrected chi connectivity index (χ4v) is 3.80. The van der Waals surface area contributed by atoms with Gasteiger partial charge in [0, 0.05) is 44.0 Å². The first-order chi connectivity index (χ1) is 12.2. The summed E-state index contributed by atoms with van der Waals surface area (Å²) >= 11 is 0. The Morgan fingerprint density at radius 3 is 2.96 bits per heavy atom. The molecule has 2 aliphatic carbocycles. The predicted octanol–water partition coefficient (Wildman–Crippen LogP) is 4.15. The molecule has 0 radical (unpaired) electrons. The standard InChI is InChI=1S/C20H19FN4.H2/c1-12-10-25-11-14(8-17(21)20(25)23-12)15-5-6-18-16(15)9-22-19(24-18)7-13-3-2-4-13;/h5,8-11,13H,2-4,6-7H2,1H3;1H. The Hall–Kier alpha value is -2.56. The third-order valence-electron chi connectivity index (χ3n) is 5.34. The Morgan fingerprint density at radius 1 is 1.28 bits per heavy atom. The number of rotatable bonds is 3. The molecule has 128 valence electrons. The molecule has 0 aromatic carbocycles. The maximum atomic E-state index is 14.4. The van der Waals surface area contributed by atoms with Crippen molar-refractivity contribution in [2.45, 2.75) is 39.0 Å². The van der Waals surface area contributed by atoms with E-state index in [0.29, 0.717) is 5.65 Å². The van der Waals surface area contributed by atoms with Crippen LogP contribution in [-0.4, -0.2) is 19.4 Å². The maximum absolute atomic E-state index is 14.4. The van der Waals surface area contributed by atoms with E-state index >= 15 is 0 Å². The predicted molar refractivity (Wildman–Crippen MR) is 95.9 cm³/mol. The first kappa shape index (κ1) is 14.8. The Labute approximate surface area is 146 Å². The number of allylic oxidation sites excluding steroid dienone is 1. The average molecular weight is 336 g/mol. The van der Waals surface area contributed by atoms with Gasteiger partial charge in [0.1, 0.15) is 5.82 Å². The highest BCUT2D eigenvalue weighted by Crippen LogP contribution is 2.33. The fraction of sp³-hybridized carbons (Fsp3) is 0.350. The van der Waals surface area contributed by atoms with Crippen molar-refractivity contribution in [3.8, 4) is 0 Å². The Balaban J connectivity index is 0.00000168. The molecule has 5 rings (SSSR count). The van der Waals surface area contributed by atoms with Crippen molar-refractivity contribution in [2.75, 3.05) is 0 Å². The van der Waals surface area contributed by atoms with Gasteiger partial charge in [-0.15, -0.1) is 0 Å². The Bertz CT molecular complexity index is 1020. The molecule has 25 heavy (non-hydrogen) atoms. The second-order valence-electron chi connectivity index (χ2n) is 7.16. The van der Waals surface area contributed by atoms with Crippen LogP contribution >= 0.6 is 0 Å². The lowest BCUT2D eigenvalue weighted by Crippen LogP contribution is -2.16. The molecule has 5 heteroatoms. The van der Waals surface area contributed by atoms with Gasteiger partial charge in [-0.05, 0) is 24.5 Å². The maximum Gasteiger partial charge on any atom is 0.173 e. The minimum absolute atomic E-state index is 0. The summed E-state index contributed by atoms with van der Waals surface area (Å²) in [6, 6.07) is 1.56. The highest BCUT2D eigenvalue weighted by molar-refractivity contribution is 5.83. The van der Waals surface area contributed by atoms with Crippen LogP contribution in [0.15, 0.2) is 30.7 Å². The van der Waals surface area contributed by atoms with E-state index < -0.39 is 0 Å². The van der Waals surface area contributed by atoms with Crippen LogP contribution in [0.25, 0.3) is 11.2 Å². The van der Waals surface area contributed by atoms with E-state index in [9.17, 15) is 4.39 Å². The van der Waals surface area contributed by atoms with Crippen molar-refractivity contribution in [1.29, 1.82) is 0 Å². The van der Waals surface area contributed by atoms with E-state index in [1.165, 1.54) is 19.3 Å². The largest absolute Gasteiger partial charge is 0.304 e. The topological polar surface area (TPSA) is 43.1 Å². The molecule has 0 amide bonds. The SMILES string of the molecule is Cc1cn2cc(C3=CCc4nc(CC5CCC5)ncc43)cc(F)c2n1.[HH]. The van der Waals surface area contributed by atoms with E-state index in [2.05, 4.69) is 16.0 Å². The fourth-order valence-electron chi connectivity index (χ4n) is 3.80. The molecule has 3 aromatic heterocycles. The third-order valence-corrected chi connectivity index (χ3v) is 5.34. The number of pyridine rings is 1. The summed E-state index contributed by atoms with van der Waals surface area (Å²) in [5.41, 5.74) is 5.11. The lowest BCUT2D eigenvalue weighted by atomic mass is 9.83. The highest BCUT2D eigenvalue weighted by Gasteiger charge is 2.23. The highest BCUT2D eigenvalue weighted by atomic mass is 19.1. The summed E-state index contributed by atoms with van der Waals surface area (Å²) in [4.78, 5) is 13.6. The van der Waals surface area contributed by atoms with Crippen molar-refractivity contribution in [3.05, 3.63) is 64.9 Å². The number of aromatic nitrogens is 4. The van der Waals surface area contributed by atoms with Crippen molar-refractivity contribution in [2.24, 2.45) is 5.92 Å². The van der Waals surface area contributed by atoms with Crippen LogP contribution < -0.4 is 0 Å². The zero-order valence-electron chi connectivity index (χ0n) is 14.2. The molecule has 0 spiro atoms. The molecular formula is C20H21FN4. The van der Waals surface area contributed by atoms with Crippen molar-refractivity contribution in [1.82, 2.24) is 19.4 Å². The molecule has 0 saturated heterocycles. The molecule has 0 N–H and O–H groups in total. The van der Waals surface area contributed by atoms with Crippen molar-refractivity contribution >= 4 is 11.2 Å². The molecule has 3 heterocycles. The molecular weight excluding hydrogens is 315 g/mol. The van der Waals surface area contributed by atoms with Gasteiger partial charge in [-0.2, -0.15) is 0 Å². The van der Waals surface area contributed by atoms with Gasteiger partial charge in [0.2, 0.25) is 0 Å². The monoisotopic (exact) mass is 336 g/mol. The zero-order chi connectivity index (χ0) is 17.0. The number of aryl methyl sites for hydroxylation is 1. The van der Waals surface area contributed by atoms with Gasteiger partial charge in [-0.1, -0.05) is 25.3 Å². The van der Waals surface area contributed by atoms with Crippen LogP contribution in [0, 0.1) is 18.7 Å². The first-order valence-electron chi connectivity index (χ1n) is 8.88. The van der Waals surface area contributed by atoms with Gasteiger partial charge in [-0.25, -0.2) is 19.3 Å². The van der Waals surface area contributed by atoms with E-state index in [4.69, 9.17) is 4.98 Å². The number of hydrogen-bond donors (Lipinski definition) is 0. The minimum Gasteiger partial charge on any atom is -0.304 e. The summed E-state index contributed by atoms with van der Waals surface area (Å²) in [5.74, 6) is 1.40. The summed E-state index contributed by atoms with van der Waals surface area (Å²) in [5, 5.41) is 0. The number of nitrogens with zero attached hydrogens (tertiary/aromatic N) is 4. The minimum atomic E-state index is -0.303. The normalized spacial score (nSPS) is 16.8. The van der Waals surface area contributed by atoms with Crippen LogP contribution in [0.2, 0.25) is 0 Å². The second-order valence-corrected chi connectivity index (χ2v) is 7.16. The Morgan fingerprint density at radius 2 is 2.16 bits per heavy atom. The molecule has 3 aromatic rings. The molecule has 0 aliphatic heterocycles. The van der Waals surface area contributed by atoms with E-state index in [0.717, 1.165) is 52.7 Å². The Kier molecular flexibility index (Phi) is 3.23. The number of halogens is 1. The van der Waals surface area contributed by atoms with Crippen LogP contribution in [0.3, 0.4) is 0 Å². The molecule has 1 fully saturated rings. The lowest BCUT2D eigenvalue weighted by molar-refractivity contribution is 0.309. The smallest absolute Gasteiger partial charge is 0.173 e. The van der Waals surface area contributed by atoms with E-state index in [1.807, 2.05) is 25.5 Å². The lowest BCUT2D eigenvalue weighted by Gasteiger charge is -2.24. The first-order valence-corrected chi connectivity index (χ1v) is 8.88. The van der Waals surface area contributed by atoms with Crippen LogP contribution in [0.4, 0.5) is 4.39 Å². The molecule has 0 unspecified atom stereocenters. The molecule has 2 aliphatic rings. The zero-order valence-corrected chi connectivity index (χ0v) is 14.2. The molecule has 1 saturated carbocycles. The van der Waals surface area contributed by atoms with E-state index in [-0.39, 0.29) is 7.24 Å². The summed E-state index contributed by atoms with van der Waals surface area (Å²) in [6.45, 7) is 1.87. The quantitative estimate of drug-likeness (QED) is 0.722. The van der Waals surface area contributed by atoms with Crippen LogP contribution in [0.1, 0.15) is 49.0 Å². The van der Waals surface area contributed by atoms with Gasteiger partial charge in [-0.3, -0.25) is 0 Å². The van der Waals surface area contributed by atoms with Gasteiger partial charge in [0.05, 0.1) is 11.4 Å². The summed E-state index contributed by atoms with van der Waals surface area (Å²) in [7, 11) is 0.